The van der Waals surface area contributed by atoms with Gasteiger partial charge in [-0.05, 0) is 50.6 Å². The molecule has 3 nitrogen and oxygen atoms in total. The van der Waals surface area contributed by atoms with Crippen LogP contribution in [-0.4, -0.2) is 35.8 Å². The third kappa shape index (κ3) is 5.30. The maximum atomic E-state index is 14.0. The number of carbonyl (C=O) groups is 1. The molecule has 0 aliphatic carbocycles. The highest BCUT2D eigenvalue weighted by atomic mass is 35.5. The molecule has 0 bridgehead atoms. The van der Waals surface area contributed by atoms with E-state index in [9.17, 15) is 9.18 Å². The van der Waals surface area contributed by atoms with E-state index in [1.165, 1.54) is 11.6 Å². The monoisotopic (exact) mass is 388 g/mol. The summed E-state index contributed by atoms with van der Waals surface area (Å²) in [5, 5.41) is 0.414. The molecule has 3 rings (SSSR count). The lowest BCUT2D eigenvalue weighted by Crippen LogP contribution is -2.40. The predicted molar refractivity (Wildman–Crippen MR) is 107 cm³/mol. The summed E-state index contributed by atoms with van der Waals surface area (Å²) in [6.07, 6.45) is 1.62. The first-order valence-corrected chi connectivity index (χ1v) is 9.77. The topological polar surface area (TPSA) is 23.6 Å². The van der Waals surface area contributed by atoms with Gasteiger partial charge in [0.25, 0.3) is 0 Å². The molecule has 1 amide bonds. The Morgan fingerprint density at radius 1 is 1.19 bits per heavy atom. The zero-order valence-corrected chi connectivity index (χ0v) is 16.7. The number of piperidine rings is 1. The van der Waals surface area contributed by atoms with Gasteiger partial charge in [-0.15, -0.1) is 0 Å². The van der Waals surface area contributed by atoms with Crippen LogP contribution in [0.25, 0.3) is 0 Å². The Balaban J connectivity index is 1.50. The average Bonchev–Trinajstić information content (AvgIpc) is 2.66. The SMILES string of the molecule is Cc1ccc(CN(C)C(=O)C2CCN(Cc3ccc(Cl)cc3F)CC2)cc1. The summed E-state index contributed by atoms with van der Waals surface area (Å²) in [7, 11) is 1.87. The fourth-order valence-electron chi connectivity index (χ4n) is 3.59. The Kier molecular flexibility index (Phi) is 6.51. The van der Waals surface area contributed by atoms with E-state index in [0.29, 0.717) is 23.7 Å². The minimum Gasteiger partial charge on any atom is -0.341 e. The van der Waals surface area contributed by atoms with E-state index in [2.05, 4.69) is 36.1 Å². The van der Waals surface area contributed by atoms with Gasteiger partial charge in [0.2, 0.25) is 5.91 Å². The Morgan fingerprint density at radius 2 is 1.85 bits per heavy atom. The van der Waals surface area contributed by atoms with Gasteiger partial charge in [-0.1, -0.05) is 47.5 Å². The first-order valence-electron chi connectivity index (χ1n) is 9.39. The van der Waals surface area contributed by atoms with Crippen molar-refractivity contribution in [3.63, 3.8) is 0 Å². The van der Waals surface area contributed by atoms with Crippen molar-refractivity contribution in [3.8, 4) is 0 Å². The van der Waals surface area contributed by atoms with Crippen molar-refractivity contribution >= 4 is 17.5 Å². The summed E-state index contributed by atoms with van der Waals surface area (Å²) in [4.78, 5) is 16.8. The number of benzene rings is 2. The van der Waals surface area contributed by atoms with E-state index in [4.69, 9.17) is 11.6 Å². The highest BCUT2D eigenvalue weighted by molar-refractivity contribution is 6.30. The van der Waals surface area contributed by atoms with Crippen molar-refractivity contribution in [2.75, 3.05) is 20.1 Å². The second-order valence-corrected chi connectivity index (χ2v) is 7.90. The molecule has 2 aromatic carbocycles. The number of likely N-dealkylation sites (tertiary alicyclic amines) is 1. The summed E-state index contributed by atoms with van der Waals surface area (Å²) < 4.78 is 14.0. The minimum atomic E-state index is -0.265. The van der Waals surface area contributed by atoms with Crippen LogP contribution in [0.15, 0.2) is 42.5 Å². The van der Waals surface area contributed by atoms with Crippen LogP contribution >= 0.6 is 11.6 Å². The van der Waals surface area contributed by atoms with Crippen LogP contribution in [0.3, 0.4) is 0 Å². The second-order valence-electron chi connectivity index (χ2n) is 7.47. The van der Waals surface area contributed by atoms with Crippen molar-refractivity contribution < 1.29 is 9.18 Å². The normalized spacial score (nSPS) is 15.7. The molecule has 5 heteroatoms. The van der Waals surface area contributed by atoms with E-state index in [1.807, 2.05) is 11.9 Å². The molecule has 1 heterocycles. The number of rotatable bonds is 5. The molecular formula is C22H26ClFN2O. The summed E-state index contributed by atoms with van der Waals surface area (Å²) in [6, 6.07) is 13.1. The van der Waals surface area contributed by atoms with Gasteiger partial charge in [-0.25, -0.2) is 4.39 Å². The van der Waals surface area contributed by atoms with Gasteiger partial charge in [0.05, 0.1) is 0 Å². The lowest BCUT2D eigenvalue weighted by Gasteiger charge is -2.33. The Morgan fingerprint density at radius 3 is 2.48 bits per heavy atom. The van der Waals surface area contributed by atoms with Crippen molar-refractivity contribution in [1.29, 1.82) is 0 Å². The highest BCUT2D eigenvalue weighted by Crippen LogP contribution is 2.23. The molecule has 27 heavy (non-hydrogen) atoms. The van der Waals surface area contributed by atoms with Gasteiger partial charge in [0.1, 0.15) is 5.82 Å². The molecule has 1 saturated heterocycles. The van der Waals surface area contributed by atoms with Gasteiger partial charge < -0.3 is 4.90 Å². The second kappa shape index (κ2) is 8.85. The molecule has 0 aromatic heterocycles. The van der Waals surface area contributed by atoms with E-state index >= 15 is 0 Å². The van der Waals surface area contributed by atoms with Crippen molar-refractivity contribution in [2.45, 2.75) is 32.9 Å². The number of halogens is 2. The van der Waals surface area contributed by atoms with Crippen LogP contribution in [0.2, 0.25) is 5.02 Å². The van der Waals surface area contributed by atoms with E-state index in [0.717, 1.165) is 31.5 Å². The molecule has 0 radical (unpaired) electrons. The quantitative estimate of drug-likeness (QED) is 0.743. The van der Waals surface area contributed by atoms with Crippen molar-refractivity contribution in [2.24, 2.45) is 5.92 Å². The fourth-order valence-corrected chi connectivity index (χ4v) is 3.74. The van der Waals surface area contributed by atoms with Crippen LogP contribution < -0.4 is 0 Å². The van der Waals surface area contributed by atoms with Crippen molar-refractivity contribution in [1.82, 2.24) is 9.80 Å². The van der Waals surface area contributed by atoms with Crippen LogP contribution in [0, 0.1) is 18.7 Å². The third-order valence-electron chi connectivity index (χ3n) is 5.26. The third-order valence-corrected chi connectivity index (χ3v) is 5.50. The molecule has 1 fully saturated rings. The highest BCUT2D eigenvalue weighted by Gasteiger charge is 2.27. The molecule has 0 N–H and O–H groups in total. The molecule has 2 aromatic rings. The molecule has 144 valence electrons. The summed E-state index contributed by atoms with van der Waals surface area (Å²) in [6.45, 7) is 4.86. The zero-order valence-electron chi connectivity index (χ0n) is 15.9. The van der Waals surface area contributed by atoms with Gasteiger partial charge in [-0.3, -0.25) is 9.69 Å². The molecule has 1 aliphatic rings. The largest absolute Gasteiger partial charge is 0.341 e. The molecule has 0 saturated carbocycles. The minimum absolute atomic E-state index is 0.0479. The smallest absolute Gasteiger partial charge is 0.225 e. The average molecular weight is 389 g/mol. The van der Waals surface area contributed by atoms with Gasteiger partial charge in [-0.2, -0.15) is 0 Å². The number of carbonyl (C=O) groups excluding carboxylic acids is 1. The van der Waals surface area contributed by atoms with Crippen LogP contribution in [0.5, 0.6) is 0 Å². The Hall–Kier alpha value is -1.91. The predicted octanol–water partition coefficient (Wildman–Crippen LogP) is 4.66. The fraction of sp³-hybridized carbons (Fsp3) is 0.409. The molecule has 0 atom stereocenters. The molecule has 1 aliphatic heterocycles. The van der Waals surface area contributed by atoms with Crippen LogP contribution in [0.4, 0.5) is 4.39 Å². The van der Waals surface area contributed by atoms with E-state index in [1.54, 1.807) is 12.1 Å². The zero-order chi connectivity index (χ0) is 19.4. The van der Waals surface area contributed by atoms with Gasteiger partial charge >= 0.3 is 0 Å². The molecular weight excluding hydrogens is 363 g/mol. The lowest BCUT2D eigenvalue weighted by atomic mass is 9.95. The van der Waals surface area contributed by atoms with E-state index < -0.39 is 0 Å². The summed E-state index contributed by atoms with van der Waals surface area (Å²) in [5.41, 5.74) is 3.02. The standard InChI is InChI=1S/C22H26ClFN2O/c1-16-3-5-17(6-4-16)14-25(2)22(27)18-9-11-26(12-10-18)15-19-7-8-20(23)13-21(19)24/h3-8,13,18H,9-12,14-15H2,1-2H3. The maximum Gasteiger partial charge on any atom is 0.225 e. The first-order chi connectivity index (χ1) is 12.9. The summed E-state index contributed by atoms with van der Waals surface area (Å²) in [5.74, 6) is -0.0156. The van der Waals surface area contributed by atoms with Crippen molar-refractivity contribution in [3.05, 3.63) is 70.0 Å². The van der Waals surface area contributed by atoms with Crippen LogP contribution in [-0.2, 0) is 17.9 Å². The van der Waals surface area contributed by atoms with Gasteiger partial charge in [0, 0.05) is 36.6 Å². The number of aryl methyl sites for hydroxylation is 1. The molecule has 0 spiro atoms. The van der Waals surface area contributed by atoms with E-state index in [-0.39, 0.29) is 17.6 Å². The number of hydrogen-bond acceptors (Lipinski definition) is 2. The Labute approximate surface area is 165 Å². The lowest BCUT2D eigenvalue weighted by molar-refractivity contribution is -0.136. The maximum absolute atomic E-state index is 14.0. The summed E-state index contributed by atoms with van der Waals surface area (Å²) >= 11 is 5.81. The molecule has 0 unspecified atom stereocenters. The van der Waals surface area contributed by atoms with Crippen LogP contribution in [0.1, 0.15) is 29.5 Å². The Bertz CT molecular complexity index is 785. The van der Waals surface area contributed by atoms with Gasteiger partial charge in [0.15, 0.2) is 0 Å². The number of nitrogens with zero attached hydrogens (tertiary/aromatic N) is 2. The first kappa shape index (κ1) is 19.8. The number of hydrogen-bond donors (Lipinski definition) is 0. The number of amides is 1.